The van der Waals surface area contributed by atoms with Crippen LogP contribution in [-0.2, 0) is 9.59 Å². The van der Waals surface area contributed by atoms with Crippen LogP contribution in [0.15, 0.2) is 66.2 Å². The number of carbonyl (C=O) groups is 2. The number of amides is 1. The second kappa shape index (κ2) is 10.6. The zero-order chi connectivity index (χ0) is 26.9. The summed E-state index contributed by atoms with van der Waals surface area (Å²) in [4.78, 5) is 28.4. The molecule has 0 radical (unpaired) electrons. The molecule has 1 aliphatic heterocycles. The molecule has 1 heterocycles. The van der Waals surface area contributed by atoms with Crippen molar-refractivity contribution in [3.05, 3.63) is 87.9 Å². The van der Waals surface area contributed by atoms with E-state index in [-0.39, 0.29) is 33.8 Å². The number of hydrogen-bond donors (Lipinski definition) is 1. The van der Waals surface area contributed by atoms with Crippen LogP contribution in [-0.4, -0.2) is 37.1 Å². The fraction of sp³-hybridized carbons (Fsp3) is 0.241. The number of para-hydroxylation sites is 1. The molecule has 1 atom stereocenters. The van der Waals surface area contributed by atoms with E-state index in [0.29, 0.717) is 22.7 Å². The number of aryl methyl sites for hydroxylation is 1. The van der Waals surface area contributed by atoms with Gasteiger partial charge in [0.05, 0.1) is 42.5 Å². The number of halogens is 1. The maximum Gasteiger partial charge on any atom is 0.300 e. The minimum atomic E-state index is -0.975. The normalized spacial score (nSPS) is 16.8. The number of carbonyl (C=O) groups excluding carboxylic acids is 2. The average molecular weight is 522 g/mol. The van der Waals surface area contributed by atoms with Crippen molar-refractivity contribution < 1.29 is 28.9 Å². The molecule has 1 fully saturated rings. The Hall–Kier alpha value is -3.97. The molecule has 1 saturated heterocycles. The highest BCUT2D eigenvalue weighted by Crippen LogP contribution is 2.46. The van der Waals surface area contributed by atoms with Gasteiger partial charge in [0, 0.05) is 11.3 Å². The molecule has 192 valence electrons. The van der Waals surface area contributed by atoms with Gasteiger partial charge in [0.1, 0.15) is 23.0 Å². The predicted octanol–water partition coefficient (Wildman–Crippen LogP) is 6.08. The van der Waals surface area contributed by atoms with Gasteiger partial charge in [0.15, 0.2) is 0 Å². The number of anilines is 1. The van der Waals surface area contributed by atoms with Crippen molar-refractivity contribution in [1.29, 1.82) is 0 Å². The van der Waals surface area contributed by atoms with Gasteiger partial charge in [-0.15, -0.1) is 0 Å². The van der Waals surface area contributed by atoms with E-state index in [2.05, 4.69) is 0 Å². The molecule has 4 rings (SSSR count). The van der Waals surface area contributed by atoms with E-state index in [1.165, 1.54) is 19.1 Å². The summed E-state index contributed by atoms with van der Waals surface area (Å²) in [6.45, 7) is 5.64. The summed E-state index contributed by atoms with van der Waals surface area (Å²) >= 11 is 6.37. The summed E-state index contributed by atoms with van der Waals surface area (Å²) in [7, 11) is 2.93. The Labute approximate surface area is 220 Å². The Morgan fingerprint density at radius 3 is 2.30 bits per heavy atom. The van der Waals surface area contributed by atoms with Gasteiger partial charge in [-0.1, -0.05) is 29.8 Å². The van der Waals surface area contributed by atoms with Crippen molar-refractivity contribution >= 4 is 34.7 Å². The average Bonchev–Trinajstić information content (AvgIpc) is 3.13. The van der Waals surface area contributed by atoms with E-state index in [4.69, 9.17) is 25.8 Å². The van der Waals surface area contributed by atoms with Gasteiger partial charge in [-0.3, -0.25) is 14.5 Å². The third kappa shape index (κ3) is 4.87. The third-order valence-corrected chi connectivity index (χ3v) is 6.29. The number of ketones is 1. The first-order valence-corrected chi connectivity index (χ1v) is 12.1. The zero-order valence-electron chi connectivity index (χ0n) is 21.2. The second-order valence-corrected chi connectivity index (χ2v) is 9.31. The smallest absolute Gasteiger partial charge is 0.300 e. The van der Waals surface area contributed by atoms with Gasteiger partial charge in [-0.05, 0) is 68.8 Å². The van der Waals surface area contributed by atoms with E-state index in [1.807, 2.05) is 13.8 Å². The molecule has 0 aliphatic carbocycles. The Balaban J connectivity index is 1.97. The van der Waals surface area contributed by atoms with Gasteiger partial charge in [-0.2, -0.15) is 0 Å². The number of ether oxygens (including phenoxy) is 3. The number of aliphatic hydroxyl groups is 1. The number of Topliss-reactive ketones (excluding diaryl/α,β-unsaturated/α-hetero) is 1. The molecule has 1 unspecified atom stereocenters. The monoisotopic (exact) mass is 521 g/mol. The Morgan fingerprint density at radius 1 is 1.00 bits per heavy atom. The van der Waals surface area contributed by atoms with Crippen LogP contribution in [0.5, 0.6) is 17.2 Å². The van der Waals surface area contributed by atoms with Crippen LogP contribution in [0.2, 0.25) is 5.02 Å². The van der Waals surface area contributed by atoms with Crippen LogP contribution >= 0.6 is 11.6 Å². The lowest BCUT2D eigenvalue weighted by Crippen LogP contribution is -2.29. The Morgan fingerprint density at radius 2 is 1.68 bits per heavy atom. The van der Waals surface area contributed by atoms with Crippen LogP contribution in [0.25, 0.3) is 5.76 Å². The van der Waals surface area contributed by atoms with E-state index >= 15 is 0 Å². The summed E-state index contributed by atoms with van der Waals surface area (Å²) in [6, 6.07) is 16.3. The fourth-order valence-corrected chi connectivity index (χ4v) is 4.85. The Kier molecular flexibility index (Phi) is 7.45. The summed E-state index contributed by atoms with van der Waals surface area (Å²) < 4.78 is 16.7. The van der Waals surface area contributed by atoms with Gasteiger partial charge in [0.2, 0.25) is 0 Å². The van der Waals surface area contributed by atoms with Crippen molar-refractivity contribution in [1.82, 2.24) is 0 Å². The summed E-state index contributed by atoms with van der Waals surface area (Å²) in [5.74, 6) is -0.727. The molecular weight excluding hydrogens is 494 g/mol. The number of hydrogen-bond acceptors (Lipinski definition) is 6. The highest BCUT2D eigenvalue weighted by molar-refractivity contribution is 6.51. The first kappa shape index (κ1) is 26.1. The lowest BCUT2D eigenvalue weighted by molar-refractivity contribution is -0.132. The van der Waals surface area contributed by atoms with Crippen LogP contribution < -0.4 is 19.1 Å². The molecule has 0 aromatic heterocycles. The molecule has 8 heteroatoms. The maximum absolute atomic E-state index is 13.5. The van der Waals surface area contributed by atoms with E-state index in [1.54, 1.807) is 67.6 Å². The third-order valence-electron chi connectivity index (χ3n) is 6.01. The summed E-state index contributed by atoms with van der Waals surface area (Å²) in [5.41, 5.74) is 1.85. The molecule has 1 amide bonds. The summed E-state index contributed by atoms with van der Waals surface area (Å²) in [5, 5.41) is 11.8. The number of methoxy groups -OCH3 is 2. The van der Waals surface area contributed by atoms with Gasteiger partial charge in [-0.25, -0.2) is 0 Å². The van der Waals surface area contributed by atoms with Crippen molar-refractivity contribution in [3.63, 3.8) is 0 Å². The van der Waals surface area contributed by atoms with Crippen molar-refractivity contribution in [2.24, 2.45) is 0 Å². The highest BCUT2D eigenvalue weighted by atomic mass is 35.5. The molecule has 37 heavy (non-hydrogen) atoms. The lowest BCUT2D eigenvalue weighted by Gasteiger charge is -2.27. The predicted molar refractivity (Wildman–Crippen MR) is 143 cm³/mol. The van der Waals surface area contributed by atoms with E-state index in [9.17, 15) is 14.7 Å². The molecule has 1 aliphatic rings. The van der Waals surface area contributed by atoms with Crippen LogP contribution in [0.3, 0.4) is 0 Å². The number of rotatable bonds is 7. The molecule has 1 N–H and O–H groups in total. The molecule has 0 spiro atoms. The second-order valence-electron chi connectivity index (χ2n) is 8.90. The van der Waals surface area contributed by atoms with Gasteiger partial charge < -0.3 is 19.3 Å². The quantitative estimate of drug-likeness (QED) is 0.230. The topological polar surface area (TPSA) is 85.3 Å². The van der Waals surface area contributed by atoms with Crippen molar-refractivity contribution in [2.75, 3.05) is 19.1 Å². The minimum absolute atomic E-state index is 0.0233. The number of aliphatic hydroxyl groups excluding tert-OH is 1. The summed E-state index contributed by atoms with van der Waals surface area (Å²) in [6.07, 6.45) is -0.0233. The van der Waals surface area contributed by atoms with Crippen molar-refractivity contribution in [3.8, 4) is 17.2 Å². The molecule has 3 aromatic rings. The molecule has 3 aromatic carbocycles. The SMILES string of the molecule is COc1ccccc1C1/C(=C(\O)c2cc(C)cc(Cl)c2OC)C(=O)C(=O)N1c1ccc(OC(C)C)cc1. The largest absolute Gasteiger partial charge is 0.507 e. The fourth-order valence-electron chi connectivity index (χ4n) is 4.50. The highest BCUT2D eigenvalue weighted by Gasteiger charge is 2.48. The maximum atomic E-state index is 13.5. The molecular formula is C29H28ClNO6. The standard InChI is InChI=1S/C29H28ClNO6/c1-16(2)37-19-12-10-18(11-13-19)31-25(20-8-6-7-9-23(20)35-4)24(27(33)29(31)34)26(32)21-14-17(3)15-22(30)28(21)36-5/h6-16,25,32H,1-5H3/b26-24+. The lowest BCUT2D eigenvalue weighted by atomic mass is 9.93. The first-order valence-electron chi connectivity index (χ1n) is 11.7. The van der Waals surface area contributed by atoms with E-state index in [0.717, 1.165) is 5.56 Å². The number of nitrogens with zero attached hydrogens (tertiary/aromatic N) is 1. The first-order chi connectivity index (χ1) is 17.7. The van der Waals surface area contributed by atoms with E-state index < -0.39 is 17.7 Å². The van der Waals surface area contributed by atoms with Crippen LogP contribution in [0.1, 0.15) is 36.6 Å². The Bertz CT molecular complexity index is 1380. The van der Waals surface area contributed by atoms with Crippen molar-refractivity contribution in [2.45, 2.75) is 32.9 Å². The van der Waals surface area contributed by atoms with Gasteiger partial charge >= 0.3 is 0 Å². The molecule has 0 saturated carbocycles. The van der Waals surface area contributed by atoms with Crippen LogP contribution in [0.4, 0.5) is 5.69 Å². The zero-order valence-corrected chi connectivity index (χ0v) is 22.0. The molecule has 7 nitrogen and oxygen atoms in total. The molecule has 0 bridgehead atoms. The van der Waals surface area contributed by atoms with Gasteiger partial charge in [0.25, 0.3) is 11.7 Å². The minimum Gasteiger partial charge on any atom is -0.507 e. The number of benzene rings is 3. The van der Waals surface area contributed by atoms with Crippen LogP contribution in [0, 0.1) is 6.92 Å².